The van der Waals surface area contributed by atoms with E-state index in [1.807, 2.05) is 0 Å². The highest BCUT2D eigenvalue weighted by molar-refractivity contribution is 5.97. The second-order valence-corrected chi connectivity index (χ2v) is 10.1. The molecule has 0 aromatic rings. The predicted molar refractivity (Wildman–Crippen MR) is 151 cm³/mol. The van der Waals surface area contributed by atoms with Crippen LogP contribution in [0.5, 0.6) is 0 Å². The van der Waals surface area contributed by atoms with Crippen LogP contribution in [0.25, 0.3) is 0 Å². The Morgan fingerprint density at radius 3 is 1.79 bits per heavy atom. The van der Waals surface area contributed by atoms with E-state index in [1.54, 1.807) is 13.8 Å². The normalized spacial score (nSPS) is 15.0. The zero-order valence-electron chi connectivity index (χ0n) is 24.6. The maximum absolute atomic E-state index is 13.0. The van der Waals surface area contributed by atoms with Gasteiger partial charge < -0.3 is 59.3 Å². The molecule has 0 rings (SSSR count). The van der Waals surface area contributed by atoms with Crippen molar-refractivity contribution in [2.45, 2.75) is 83.3 Å². The third-order valence-electron chi connectivity index (χ3n) is 5.91. The van der Waals surface area contributed by atoms with Crippen molar-refractivity contribution in [2.24, 2.45) is 23.1 Å². The Morgan fingerprint density at radius 1 is 0.767 bits per heavy atom. The van der Waals surface area contributed by atoms with E-state index in [9.17, 15) is 43.8 Å². The molecule has 0 fully saturated rings. The van der Waals surface area contributed by atoms with Gasteiger partial charge in [0.25, 0.3) is 0 Å². The number of amides is 6. The van der Waals surface area contributed by atoms with Crippen LogP contribution in [0.3, 0.4) is 0 Å². The fourth-order valence-corrected chi connectivity index (χ4v) is 3.56. The summed E-state index contributed by atoms with van der Waals surface area (Å²) in [5, 5.41) is 40.1. The van der Waals surface area contributed by atoms with Gasteiger partial charge in [0, 0.05) is 6.54 Å². The Hall–Kier alpha value is -4.52. The average molecular weight is 617 g/mol. The molecule has 0 bridgehead atoms. The lowest BCUT2D eigenvalue weighted by molar-refractivity contribution is -0.145. The first-order chi connectivity index (χ1) is 19.9. The second-order valence-electron chi connectivity index (χ2n) is 10.1. The second kappa shape index (κ2) is 18.8. The molecule has 0 heterocycles. The number of carbonyl (C=O) groups is 7. The fraction of sp³-hybridized carbons (Fsp3) is 0.667. The zero-order chi connectivity index (χ0) is 33.4. The summed E-state index contributed by atoms with van der Waals surface area (Å²) in [6.07, 6.45) is -1.79. The average Bonchev–Trinajstić information content (AvgIpc) is 2.89. The minimum Gasteiger partial charge on any atom is -0.480 e. The van der Waals surface area contributed by atoms with Gasteiger partial charge in [0.2, 0.25) is 35.4 Å². The maximum atomic E-state index is 13.0. The number of nitrogens with two attached hydrogens (primary N) is 3. The van der Waals surface area contributed by atoms with Crippen molar-refractivity contribution in [3.8, 4) is 0 Å². The van der Waals surface area contributed by atoms with Crippen molar-refractivity contribution in [3.05, 3.63) is 0 Å². The molecule has 43 heavy (non-hydrogen) atoms. The Labute approximate surface area is 248 Å². The fourth-order valence-electron chi connectivity index (χ4n) is 3.56. The van der Waals surface area contributed by atoms with Crippen LogP contribution in [0.4, 0.5) is 0 Å². The van der Waals surface area contributed by atoms with Crippen molar-refractivity contribution >= 4 is 47.4 Å². The Morgan fingerprint density at radius 2 is 1.33 bits per heavy atom. The number of carbonyl (C=O) groups excluding carboxylic acids is 6. The summed E-state index contributed by atoms with van der Waals surface area (Å²) in [5.41, 5.74) is 15.8. The molecule has 0 saturated carbocycles. The smallest absolute Gasteiger partial charge is 0.328 e. The van der Waals surface area contributed by atoms with Gasteiger partial charge in [-0.15, -0.1) is 0 Å². The van der Waals surface area contributed by atoms with E-state index in [-0.39, 0.29) is 25.3 Å². The molecule has 0 radical (unpaired) electrons. The highest BCUT2D eigenvalue weighted by atomic mass is 16.4. The number of primary amides is 1. The van der Waals surface area contributed by atoms with Gasteiger partial charge in [0.1, 0.15) is 24.2 Å². The molecule has 6 amide bonds. The Bertz CT molecular complexity index is 1040. The van der Waals surface area contributed by atoms with Crippen LogP contribution in [-0.2, 0) is 33.6 Å². The van der Waals surface area contributed by atoms with E-state index in [4.69, 9.17) is 22.6 Å². The lowest BCUT2D eigenvalue weighted by atomic mass is 10.0. The molecule has 0 aliphatic heterocycles. The van der Waals surface area contributed by atoms with Crippen molar-refractivity contribution in [3.63, 3.8) is 0 Å². The van der Waals surface area contributed by atoms with E-state index in [1.165, 1.54) is 13.8 Å². The number of rotatable bonds is 19. The van der Waals surface area contributed by atoms with E-state index in [2.05, 4.69) is 31.9 Å². The molecule has 0 aromatic carbocycles. The number of hydrogen-bond acceptors (Lipinski definition) is 10. The quantitative estimate of drug-likeness (QED) is 0.0368. The molecule has 19 heteroatoms. The first kappa shape index (κ1) is 38.5. The van der Waals surface area contributed by atoms with Gasteiger partial charge in [0.15, 0.2) is 12.0 Å². The van der Waals surface area contributed by atoms with Gasteiger partial charge in [-0.2, -0.15) is 0 Å². The van der Waals surface area contributed by atoms with Crippen LogP contribution >= 0.6 is 0 Å². The van der Waals surface area contributed by atoms with Crippen LogP contribution in [-0.4, -0.2) is 107 Å². The molecule has 15 N–H and O–H groups in total. The monoisotopic (exact) mass is 616 g/mol. The summed E-state index contributed by atoms with van der Waals surface area (Å²) in [4.78, 5) is 86.2. The third-order valence-corrected chi connectivity index (χ3v) is 5.91. The molecule has 6 atom stereocenters. The molecule has 0 saturated heterocycles. The number of hydrogen-bond donors (Lipinski definition) is 12. The van der Waals surface area contributed by atoms with Crippen LogP contribution in [0, 0.1) is 11.3 Å². The number of aliphatic hydroxyl groups excluding tert-OH is 1. The number of aliphatic hydroxyl groups is 1. The molecule has 19 nitrogen and oxygen atoms in total. The predicted octanol–water partition coefficient (Wildman–Crippen LogP) is -5.35. The molecule has 0 aliphatic rings. The lowest BCUT2D eigenvalue weighted by Crippen LogP contribution is -2.60. The topological polar surface area (TPSA) is 334 Å². The zero-order valence-corrected chi connectivity index (χ0v) is 24.6. The van der Waals surface area contributed by atoms with Crippen molar-refractivity contribution in [2.75, 3.05) is 13.1 Å². The maximum Gasteiger partial charge on any atom is 0.328 e. The third kappa shape index (κ3) is 14.8. The molecule has 0 unspecified atom stereocenters. The van der Waals surface area contributed by atoms with E-state index >= 15 is 0 Å². The number of carboxylic acids is 1. The van der Waals surface area contributed by atoms with Crippen LogP contribution in [0.15, 0.2) is 0 Å². The van der Waals surface area contributed by atoms with Gasteiger partial charge in [0.05, 0.1) is 19.1 Å². The largest absolute Gasteiger partial charge is 0.480 e. The molecule has 0 aliphatic carbocycles. The minimum absolute atomic E-state index is 0.0397. The van der Waals surface area contributed by atoms with Crippen molar-refractivity contribution < 1.29 is 43.8 Å². The molecule has 0 spiro atoms. The van der Waals surface area contributed by atoms with E-state index in [0.717, 1.165) is 0 Å². The number of nitrogens with one attached hydrogen (secondary N) is 7. The van der Waals surface area contributed by atoms with E-state index < -0.39 is 96.6 Å². The van der Waals surface area contributed by atoms with Gasteiger partial charge in [-0.1, -0.05) is 13.8 Å². The summed E-state index contributed by atoms with van der Waals surface area (Å²) in [7, 11) is 0. The number of carboxylic acid groups (broad SMARTS) is 1. The Kier molecular flexibility index (Phi) is 16.8. The highest BCUT2D eigenvalue weighted by Crippen LogP contribution is 2.06. The van der Waals surface area contributed by atoms with Crippen molar-refractivity contribution in [1.29, 1.82) is 5.41 Å². The van der Waals surface area contributed by atoms with Gasteiger partial charge >= 0.3 is 5.97 Å². The van der Waals surface area contributed by atoms with Crippen LogP contribution in [0.1, 0.15) is 47.0 Å². The number of aliphatic carboxylic acids is 1. The van der Waals surface area contributed by atoms with Gasteiger partial charge in [-0.3, -0.25) is 34.2 Å². The van der Waals surface area contributed by atoms with Crippen molar-refractivity contribution in [1.82, 2.24) is 31.9 Å². The van der Waals surface area contributed by atoms with Gasteiger partial charge in [-0.25, -0.2) is 4.79 Å². The molecule has 244 valence electrons. The Balaban J connectivity index is 5.59. The molecule has 0 aromatic heterocycles. The summed E-state index contributed by atoms with van der Waals surface area (Å²) in [6, 6.07) is -6.94. The van der Waals surface area contributed by atoms with E-state index in [0.29, 0.717) is 0 Å². The summed E-state index contributed by atoms with van der Waals surface area (Å²) in [5.74, 6) is -7.55. The summed E-state index contributed by atoms with van der Waals surface area (Å²) < 4.78 is 0. The lowest BCUT2D eigenvalue weighted by Gasteiger charge is -2.27. The first-order valence-electron chi connectivity index (χ1n) is 13.4. The highest BCUT2D eigenvalue weighted by Gasteiger charge is 2.33. The summed E-state index contributed by atoms with van der Waals surface area (Å²) >= 11 is 0. The first-order valence-corrected chi connectivity index (χ1v) is 13.4. The van der Waals surface area contributed by atoms with Gasteiger partial charge in [-0.05, 0) is 32.6 Å². The summed E-state index contributed by atoms with van der Waals surface area (Å²) in [6.45, 7) is 5.33. The van der Waals surface area contributed by atoms with Crippen LogP contribution < -0.4 is 49.1 Å². The minimum atomic E-state index is -1.63. The molecular formula is C24H44N10O9. The van der Waals surface area contributed by atoms with Crippen LogP contribution in [0.2, 0.25) is 0 Å². The standard InChI is InChI=1S/C24H44N10O9/c1-10(2)17(22(41)34-18(12(4)35)23(42)43)33-19(38)11(3)30-21(40)14(8-15(26)36)32-20(39)13(31-16(37)9-25)6-5-7-29-24(27)28/h10-14,17-18,35H,5-9,25H2,1-4H3,(H2,26,36)(H,30,40)(H,31,37)(H,32,39)(H,33,38)(H,34,41)(H,42,43)(H4,27,28,29)/t11-,12+,13-,14-,17-,18-/m0/s1. The number of guanidine groups is 1. The SMILES string of the molecule is CC(C)[C@H](NC(=O)[C@H](C)NC(=O)[C@H](CC(N)=O)NC(=O)[C@H](CCCNC(=N)N)NC(=O)CN)C(=O)N[C@H](C(=O)O)[C@@H](C)O. The molecular weight excluding hydrogens is 572 g/mol.